The zero-order chi connectivity index (χ0) is 21.8. The molecule has 1 rings (SSSR count). The van der Waals surface area contributed by atoms with Gasteiger partial charge in [-0.1, -0.05) is 12.1 Å². The molecule has 1 aromatic carbocycles. The first-order chi connectivity index (χ1) is 12.9. The zero-order valence-electron chi connectivity index (χ0n) is 14.1. The van der Waals surface area contributed by atoms with E-state index in [2.05, 4.69) is 24.7 Å². The largest absolute Gasteiger partial charge is 0 e. The average Bonchev–Trinajstić information content (AvgIpc) is 2.64. The molecule has 0 aliphatic heterocycles. The summed E-state index contributed by atoms with van der Waals surface area (Å²) in [6.07, 6.45) is 0.460. The Balaban J connectivity index is -0.000000374. The topological polar surface area (TPSA) is 190 Å². The maximum atomic E-state index is 10.6. The number of aliphatic carboxylic acids is 2. The molecule has 0 fully saturated rings. The van der Waals surface area contributed by atoms with Crippen molar-refractivity contribution in [1.29, 1.82) is 0 Å². The number of carboxylic acids is 2. The van der Waals surface area contributed by atoms with Crippen molar-refractivity contribution < 1.29 is 62.9 Å². The van der Waals surface area contributed by atoms with Crippen LogP contribution in [0.3, 0.4) is 0 Å². The van der Waals surface area contributed by atoms with Gasteiger partial charge in [0.2, 0.25) is 0 Å². The summed E-state index contributed by atoms with van der Waals surface area (Å²) in [5, 5.41) is 17.4. The number of benzene rings is 1. The van der Waals surface area contributed by atoms with E-state index in [0.29, 0.717) is 12.1 Å². The van der Waals surface area contributed by atoms with Gasteiger partial charge in [0.1, 0.15) is 0 Å². The fraction of sp³-hybridized carbons (Fsp3) is 0.267. The van der Waals surface area contributed by atoms with Crippen LogP contribution in [0.4, 0.5) is 5.69 Å². The average molecular weight is 586 g/mol. The van der Waals surface area contributed by atoms with Crippen molar-refractivity contribution in [2.45, 2.75) is 6.42 Å². The van der Waals surface area contributed by atoms with Crippen molar-refractivity contribution in [3.8, 4) is 0 Å². The van der Waals surface area contributed by atoms with E-state index in [9.17, 15) is 18.4 Å². The molecule has 11 nitrogen and oxygen atoms in total. The molecule has 0 saturated carbocycles. The number of carboxylic acid groups (broad SMARTS) is 2. The fourth-order valence-corrected chi connectivity index (χ4v) is 2.05. The van der Waals surface area contributed by atoms with Crippen LogP contribution in [-0.4, -0.2) is 55.4 Å². The van der Waals surface area contributed by atoms with Crippen LogP contribution in [0.15, 0.2) is 24.3 Å². The standard InChI is InChI=1S/C12H16N2O6S.3CO.Re/c15-11(16)7-14(8-12(17)18)6-5-9-1-3-10(4-2-9)13-21(19)20;3*1-2;/h1-4,13H,5-8H2,(H,15,16)(H,17,18)(H,19,20);;;;/p-1. The van der Waals surface area contributed by atoms with Crippen LogP contribution in [0.25, 0.3) is 0 Å². The van der Waals surface area contributed by atoms with E-state index >= 15 is 0 Å². The molecule has 13 heteroatoms. The third-order valence-corrected chi connectivity index (χ3v) is 2.99. The van der Waals surface area contributed by atoms with Crippen LogP contribution in [0, 0.1) is 20.0 Å². The molecule has 1 aromatic rings. The Labute approximate surface area is 177 Å². The number of nitrogens with one attached hydrogen (secondary N) is 1. The van der Waals surface area contributed by atoms with Crippen molar-refractivity contribution in [3.63, 3.8) is 0 Å². The summed E-state index contributed by atoms with van der Waals surface area (Å²) in [6, 6.07) is 6.53. The van der Waals surface area contributed by atoms with Gasteiger partial charge in [0.05, 0.1) is 13.1 Å². The summed E-state index contributed by atoms with van der Waals surface area (Å²) < 4.78 is 45.6. The molecule has 1 unspecified atom stereocenters. The summed E-state index contributed by atoms with van der Waals surface area (Å²) in [5.41, 5.74) is 1.26. The summed E-state index contributed by atoms with van der Waals surface area (Å²) in [4.78, 5) is 22.6. The van der Waals surface area contributed by atoms with Crippen LogP contribution in [-0.2, 0) is 61.7 Å². The Morgan fingerprint density at radius 1 is 1.00 bits per heavy atom. The second-order valence-electron chi connectivity index (χ2n) is 4.28. The smallest absolute Gasteiger partial charge is 0 e. The Kier molecular flexibility index (Phi) is 27.5. The molecule has 0 bridgehead atoms. The van der Waals surface area contributed by atoms with E-state index in [1.54, 1.807) is 24.3 Å². The maximum Gasteiger partial charge on any atom is 0 e. The Bertz CT molecular complexity index is 617. The Morgan fingerprint density at radius 2 is 1.39 bits per heavy atom. The summed E-state index contributed by atoms with van der Waals surface area (Å²) in [6.45, 7) is 13.1. The molecular formula is C15H15N2O9ReS-. The van der Waals surface area contributed by atoms with E-state index in [1.165, 1.54) is 4.90 Å². The van der Waals surface area contributed by atoms with Gasteiger partial charge in [0.15, 0.2) is 0 Å². The monoisotopic (exact) mass is 586 g/mol. The van der Waals surface area contributed by atoms with Gasteiger partial charge in [-0.25, -0.2) is 0 Å². The van der Waals surface area contributed by atoms with Gasteiger partial charge in [-0.3, -0.25) is 18.7 Å². The summed E-state index contributed by atoms with van der Waals surface area (Å²) in [5.74, 6) is -2.18. The third kappa shape index (κ3) is 20.2. The minimum atomic E-state index is -2.39. The summed E-state index contributed by atoms with van der Waals surface area (Å²) in [7, 11) is 0. The number of carbonyl (C=O) groups is 2. The van der Waals surface area contributed by atoms with Gasteiger partial charge in [-0.15, -0.1) is 0 Å². The zero-order valence-corrected chi connectivity index (χ0v) is 17.7. The van der Waals surface area contributed by atoms with Crippen molar-refractivity contribution in [1.82, 2.24) is 4.90 Å². The summed E-state index contributed by atoms with van der Waals surface area (Å²) >= 11 is -2.39. The second kappa shape index (κ2) is 23.0. The van der Waals surface area contributed by atoms with E-state index in [1.807, 2.05) is 0 Å². The number of rotatable bonds is 9. The number of hydrogen-bond acceptors (Lipinski definition) is 5. The molecule has 1 radical (unpaired) electrons. The predicted octanol–water partition coefficient (Wildman–Crippen LogP) is -0.209. The molecule has 0 spiro atoms. The molecule has 0 aliphatic rings. The maximum absolute atomic E-state index is 10.6. The molecule has 0 heterocycles. The van der Waals surface area contributed by atoms with Gasteiger partial charge in [-0.2, -0.15) is 0 Å². The van der Waals surface area contributed by atoms with Crippen LogP contribution in [0.1, 0.15) is 5.56 Å². The SMILES string of the molecule is O=C(O)CN(CCc1ccc(NS(=O)[O-])cc1)CC(=O)O.[C-]#[O+].[C-]#[O+].[C-]#[O+].[Re]. The van der Waals surface area contributed by atoms with Crippen LogP contribution >= 0.6 is 0 Å². The molecule has 153 valence electrons. The van der Waals surface area contributed by atoms with Gasteiger partial charge in [0.25, 0.3) is 0 Å². The van der Waals surface area contributed by atoms with E-state index < -0.39 is 23.2 Å². The van der Waals surface area contributed by atoms with Gasteiger partial charge < -0.3 is 19.5 Å². The first-order valence-electron chi connectivity index (χ1n) is 6.59. The van der Waals surface area contributed by atoms with Gasteiger partial charge >= 0.3 is 45.8 Å². The first kappa shape index (κ1) is 33.5. The molecule has 0 saturated heterocycles. The van der Waals surface area contributed by atoms with Crippen molar-refractivity contribution in [3.05, 3.63) is 49.8 Å². The van der Waals surface area contributed by atoms with E-state index in [-0.39, 0.29) is 40.1 Å². The van der Waals surface area contributed by atoms with Gasteiger partial charge in [0, 0.05) is 43.9 Å². The Hall–Kier alpha value is -2.09. The number of nitrogens with zero attached hydrogens (tertiary/aromatic N) is 1. The minimum absolute atomic E-state index is 0. The predicted molar refractivity (Wildman–Crippen MR) is 86.2 cm³/mol. The van der Waals surface area contributed by atoms with Crippen LogP contribution in [0.2, 0.25) is 0 Å². The minimum Gasteiger partial charge on any atom is 0 e. The molecule has 0 amide bonds. The molecule has 28 heavy (non-hydrogen) atoms. The quantitative estimate of drug-likeness (QED) is 0.203. The van der Waals surface area contributed by atoms with Gasteiger partial charge in [-0.05, 0) is 24.1 Å². The molecular weight excluding hydrogens is 570 g/mol. The molecule has 3 N–H and O–H groups in total. The molecule has 0 aliphatic carbocycles. The number of anilines is 1. The van der Waals surface area contributed by atoms with E-state index in [4.69, 9.17) is 24.2 Å². The Morgan fingerprint density at radius 3 is 1.71 bits per heavy atom. The first-order valence-corrected chi connectivity index (χ1v) is 7.66. The van der Waals surface area contributed by atoms with Crippen LogP contribution < -0.4 is 4.72 Å². The van der Waals surface area contributed by atoms with Crippen molar-refractivity contribution in [2.75, 3.05) is 24.4 Å². The molecule has 0 aromatic heterocycles. The second-order valence-corrected chi connectivity index (χ2v) is 4.96. The fourth-order valence-electron chi connectivity index (χ4n) is 1.72. The van der Waals surface area contributed by atoms with E-state index in [0.717, 1.165) is 5.56 Å². The van der Waals surface area contributed by atoms with Crippen molar-refractivity contribution in [2.24, 2.45) is 0 Å². The third-order valence-electron chi connectivity index (χ3n) is 2.59. The van der Waals surface area contributed by atoms with Crippen molar-refractivity contribution >= 4 is 28.9 Å². The molecule has 1 atom stereocenters. The normalized spacial score (nSPS) is 9.29. The number of hydrogen-bond donors (Lipinski definition) is 3. The van der Waals surface area contributed by atoms with Crippen LogP contribution in [0.5, 0.6) is 0 Å².